The molecule has 1 aromatic heterocycles. The summed E-state index contributed by atoms with van der Waals surface area (Å²) in [6.07, 6.45) is -0.616. The summed E-state index contributed by atoms with van der Waals surface area (Å²) in [5.41, 5.74) is 1.50. The van der Waals surface area contributed by atoms with Gasteiger partial charge in [0.25, 0.3) is 11.9 Å². The van der Waals surface area contributed by atoms with Crippen molar-refractivity contribution < 1.29 is 33.7 Å². The summed E-state index contributed by atoms with van der Waals surface area (Å²) in [4.78, 5) is 57.5. The van der Waals surface area contributed by atoms with Gasteiger partial charge in [-0.15, -0.1) is 0 Å². The molecule has 11 nitrogen and oxygen atoms in total. The van der Waals surface area contributed by atoms with Crippen LogP contribution in [0, 0.1) is 11.8 Å². The van der Waals surface area contributed by atoms with Crippen molar-refractivity contribution in [3.05, 3.63) is 54.2 Å². The Morgan fingerprint density at radius 2 is 1.60 bits per heavy atom. The minimum absolute atomic E-state index is 0.0506. The van der Waals surface area contributed by atoms with E-state index in [0.717, 1.165) is 5.56 Å². The van der Waals surface area contributed by atoms with Crippen molar-refractivity contribution in [2.75, 3.05) is 20.7 Å². The summed E-state index contributed by atoms with van der Waals surface area (Å²) < 4.78 is 10.6. The Morgan fingerprint density at radius 3 is 2.19 bits per heavy atom. The first-order chi connectivity index (χ1) is 20.3. The first kappa shape index (κ1) is 35.4. The van der Waals surface area contributed by atoms with E-state index in [-0.39, 0.29) is 36.9 Å². The van der Waals surface area contributed by atoms with Crippen LogP contribution in [0.1, 0.15) is 64.4 Å². The van der Waals surface area contributed by atoms with Crippen molar-refractivity contribution in [3.63, 3.8) is 0 Å². The van der Waals surface area contributed by atoms with E-state index < -0.39 is 48.9 Å². The van der Waals surface area contributed by atoms with E-state index in [1.165, 1.54) is 20.1 Å². The summed E-state index contributed by atoms with van der Waals surface area (Å²) in [6.45, 7) is 9.31. The predicted octanol–water partition coefficient (Wildman–Crippen LogP) is 2.87. The number of benzene rings is 1. The van der Waals surface area contributed by atoms with Crippen LogP contribution in [0.2, 0.25) is 0 Å². The van der Waals surface area contributed by atoms with Crippen molar-refractivity contribution >= 4 is 30.8 Å². The topological polar surface area (TPSA) is 147 Å². The van der Waals surface area contributed by atoms with Crippen molar-refractivity contribution in [1.82, 2.24) is 20.4 Å². The van der Waals surface area contributed by atoms with Crippen molar-refractivity contribution in [3.8, 4) is 11.3 Å². The van der Waals surface area contributed by atoms with Crippen LogP contribution in [-0.4, -0.2) is 84.5 Å². The minimum atomic E-state index is -1.32. The summed E-state index contributed by atoms with van der Waals surface area (Å²) in [5.74, 6) is -2.74. The Balaban J connectivity index is 2.30. The highest BCUT2D eigenvalue weighted by Gasteiger charge is 2.39. The fourth-order valence-corrected chi connectivity index (χ4v) is 4.47. The number of methoxy groups -OCH3 is 1. The van der Waals surface area contributed by atoms with Crippen LogP contribution in [0.4, 0.5) is 0 Å². The molecular weight excluding hydrogens is 551 g/mol. The molecule has 3 N–H and O–H groups in total. The Bertz CT molecular complexity index is 1210. The number of ether oxygens (including phenoxy) is 1. The zero-order valence-electron chi connectivity index (χ0n) is 26.2. The lowest BCUT2D eigenvalue weighted by Gasteiger charge is -2.33. The molecule has 12 heteroatoms. The third-order valence-electron chi connectivity index (χ3n) is 6.66. The van der Waals surface area contributed by atoms with E-state index in [2.05, 4.69) is 15.6 Å². The molecule has 0 aliphatic heterocycles. The number of nitrogens with one attached hydrogen (secondary N) is 2. The van der Waals surface area contributed by atoms with Crippen LogP contribution in [0.15, 0.2) is 48.5 Å². The van der Waals surface area contributed by atoms with Gasteiger partial charge in [-0.3, -0.25) is 19.2 Å². The fourth-order valence-electron chi connectivity index (χ4n) is 4.47. The maximum Gasteiger partial charge on any atom is 0.474 e. The Hall–Kier alpha value is -3.77. The summed E-state index contributed by atoms with van der Waals surface area (Å²) in [6, 6.07) is 13.0. The molecule has 2 aromatic rings. The molecule has 2 rings (SSSR count). The van der Waals surface area contributed by atoms with Gasteiger partial charge in [-0.2, -0.15) is 0 Å². The first-order valence-corrected chi connectivity index (χ1v) is 14.6. The van der Waals surface area contributed by atoms with Crippen LogP contribution >= 0.6 is 0 Å². The first-order valence-electron chi connectivity index (χ1n) is 14.6. The van der Waals surface area contributed by atoms with E-state index in [1.807, 2.05) is 58.0 Å². The number of aromatic nitrogens is 1. The van der Waals surface area contributed by atoms with Crippen LogP contribution < -0.4 is 10.6 Å². The van der Waals surface area contributed by atoms with Gasteiger partial charge in [-0.05, 0) is 44.4 Å². The molecule has 0 unspecified atom stereocenters. The largest absolute Gasteiger partial charge is 0.518 e. The van der Waals surface area contributed by atoms with Crippen LogP contribution in [0.3, 0.4) is 0 Å². The molecular formula is C31H45BN4O7. The normalized spacial score (nSPS) is 13.3. The number of esters is 1. The van der Waals surface area contributed by atoms with Gasteiger partial charge >= 0.3 is 13.0 Å². The van der Waals surface area contributed by atoms with E-state index in [1.54, 1.807) is 24.0 Å². The summed E-state index contributed by atoms with van der Waals surface area (Å²) in [7, 11) is 2.06. The second kappa shape index (κ2) is 17.4. The van der Waals surface area contributed by atoms with Crippen molar-refractivity contribution in [1.29, 1.82) is 0 Å². The number of pyridine rings is 1. The number of nitrogens with zero attached hydrogens (tertiary/aromatic N) is 2. The molecule has 43 heavy (non-hydrogen) atoms. The van der Waals surface area contributed by atoms with Gasteiger partial charge in [0.2, 0.25) is 5.91 Å². The predicted molar refractivity (Wildman–Crippen MR) is 165 cm³/mol. The fraction of sp³-hybridized carbons (Fsp3) is 0.516. The van der Waals surface area contributed by atoms with Crippen molar-refractivity contribution in [2.45, 2.75) is 72.0 Å². The Morgan fingerprint density at radius 1 is 0.930 bits per heavy atom. The highest BCUT2D eigenvalue weighted by atomic mass is 16.5. The zero-order chi connectivity index (χ0) is 32.1. The molecule has 0 radical (unpaired) electrons. The number of hydrogen-bond acceptors (Lipinski definition) is 9. The number of carbonyl (C=O) groups excluding carboxylic acids is 4. The van der Waals surface area contributed by atoms with Gasteiger partial charge < -0.3 is 29.9 Å². The molecule has 0 spiro atoms. The molecule has 0 fully saturated rings. The summed E-state index contributed by atoms with van der Waals surface area (Å²) in [5, 5.41) is 16.0. The van der Waals surface area contributed by atoms with Gasteiger partial charge in [-0.25, -0.2) is 4.98 Å². The van der Waals surface area contributed by atoms with Crippen LogP contribution in [0.5, 0.6) is 0 Å². The molecule has 1 aromatic carbocycles. The smallest absolute Gasteiger partial charge is 0.474 e. The second-order valence-corrected chi connectivity index (χ2v) is 11.5. The van der Waals surface area contributed by atoms with Gasteiger partial charge in [0.05, 0.1) is 31.3 Å². The lowest BCUT2D eigenvalue weighted by atomic mass is 9.67. The Kier molecular flexibility index (Phi) is 14.3. The quantitative estimate of drug-likeness (QED) is 0.197. The van der Waals surface area contributed by atoms with Gasteiger partial charge in [-0.1, -0.05) is 64.1 Å². The standard InChI is InChI=1S/C31H45BN4O7/c1-20(2)18-26(32(43-28(39)19-21(3)4)36(6)17-16-27(38)42-7)34-31(41)29(22(5)37)35-30(40)25-15-11-14-24(33-25)23-12-9-8-10-13-23/h8-15,20-22,26,29,37H,16-19H2,1-7H3,(H,34,41)(H,35,40)/t22-,26+,29+/m1/s1. The SMILES string of the molecule is COC(=O)CCN(C)B(OC(=O)CC(C)C)[C@H](CC(C)C)NC(=O)[C@@H](NC(=O)c1cccc(-c2ccccc2)n1)[C@@H](C)O. The van der Waals surface area contributed by atoms with E-state index in [9.17, 15) is 24.3 Å². The molecule has 1 heterocycles. The van der Waals surface area contributed by atoms with Gasteiger partial charge in [0.15, 0.2) is 0 Å². The molecule has 0 bridgehead atoms. The molecule has 0 saturated carbocycles. The van der Waals surface area contributed by atoms with E-state index in [0.29, 0.717) is 12.1 Å². The molecule has 234 valence electrons. The molecule has 3 atom stereocenters. The second-order valence-electron chi connectivity index (χ2n) is 11.5. The van der Waals surface area contributed by atoms with Crippen LogP contribution in [0.25, 0.3) is 11.3 Å². The number of aliphatic hydroxyl groups excluding tert-OH is 1. The number of aliphatic hydroxyl groups is 1. The monoisotopic (exact) mass is 596 g/mol. The average molecular weight is 597 g/mol. The molecule has 2 amide bonds. The third-order valence-corrected chi connectivity index (χ3v) is 6.66. The van der Waals surface area contributed by atoms with E-state index in [4.69, 9.17) is 9.39 Å². The highest BCUT2D eigenvalue weighted by Crippen LogP contribution is 2.17. The zero-order valence-corrected chi connectivity index (χ0v) is 26.2. The maximum absolute atomic E-state index is 13.6. The van der Waals surface area contributed by atoms with Crippen LogP contribution in [-0.2, 0) is 23.8 Å². The summed E-state index contributed by atoms with van der Waals surface area (Å²) >= 11 is 0. The average Bonchev–Trinajstić information content (AvgIpc) is 2.96. The number of rotatable bonds is 16. The maximum atomic E-state index is 13.6. The lowest BCUT2D eigenvalue weighted by molar-refractivity contribution is -0.140. The molecule has 0 aliphatic carbocycles. The highest BCUT2D eigenvalue weighted by molar-refractivity contribution is 6.53. The van der Waals surface area contributed by atoms with Gasteiger partial charge in [0, 0.05) is 18.5 Å². The number of carbonyl (C=O) groups is 4. The minimum Gasteiger partial charge on any atom is -0.518 e. The third kappa shape index (κ3) is 11.8. The molecule has 0 saturated heterocycles. The van der Waals surface area contributed by atoms with Gasteiger partial charge in [0.1, 0.15) is 11.7 Å². The lowest BCUT2D eigenvalue weighted by Crippen LogP contribution is -2.61. The Labute approximate surface area is 254 Å². The number of amides is 2. The number of hydrogen-bond donors (Lipinski definition) is 3. The molecule has 0 aliphatic rings. The van der Waals surface area contributed by atoms with E-state index >= 15 is 0 Å². The van der Waals surface area contributed by atoms with Crippen molar-refractivity contribution in [2.24, 2.45) is 11.8 Å².